The normalized spacial score (nSPS) is 15.0. The van der Waals surface area contributed by atoms with Gasteiger partial charge in [-0.3, -0.25) is 4.79 Å². The van der Waals surface area contributed by atoms with Crippen molar-refractivity contribution in [2.75, 3.05) is 20.3 Å². The number of ether oxygens (including phenoxy) is 3. The second kappa shape index (κ2) is 8.73. The Bertz CT molecular complexity index is 834. The fourth-order valence-corrected chi connectivity index (χ4v) is 3.31. The molecule has 0 aliphatic carbocycles. The van der Waals surface area contributed by atoms with Crippen molar-refractivity contribution < 1.29 is 19.0 Å². The number of hydrogen-bond acceptors (Lipinski definition) is 6. The summed E-state index contributed by atoms with van der Waals surface area (Å²) in [6.45, 7) is 0.778. The van der Waals surface area contributed by atoms with Crippen molar-refractivity contribution in [3.8, 4) is 17.2 Å². The highest BCUT2D eigenvalue weighted by Crippen LogP contribution is 2.29. The van der Waals surface area contributed by atoms with Crippen LogP contribution in [0, 0.1) is 0 Å². The van der Waals surface area contributed by atoms with E-state index in [0.717, 1.165) is 17.1 Å². The Morgan fingerprint density at radius 2 is 1.73 bits per heavy atom. The third-order valence-corrected chi connectivity index (χ3v) is 4.68. The third-order valence-electron chi connectivity index (χ3n) is 3.52. The van der Waals surface area contributed by atoms with Crippen LogP contribution in [0.15, 0.2) is 53.4 Å². The predicted octanol–water partition coefficient (Wildman–Crippen LogP) is 3.64. The first-order valence-electron chi connectivity index (χ1n) is 7.89. The van der Waals surface area contributed by atoms with Crippen LogP contribution in [-0.4, -0.2) is 30.6 Å². The van der Waals surface area contributed by atoms with E-state index in [4.69, 9.17) is 26.4 Å². The number of thiocarbonyl (C=S) groups is 1. The lowest BCUT2D eigenvalue weighted by Gasteiger charge is -2.11. The smallest absolute Gasteiger partial charge is 0.263 e. The second-order valence-corrected chi connectivity index (χ2v) is 6.98. The molecule has 3 rings (SSSR count). The van der Waals surface area contributed by atoms with Gasteiger partial charge in [-0.25, -0.2) is 0 Å². The molecule has 1 fully saturated rings. The average Bonchev–Trinajstić information content (AvgIpc) is 2.97. The highest BCUT2D eigenvalue weighted by atomic mass is 32.2. The SMILES string of the molecule is COc1ccc(OCCOc2ccccc2C=C2SC(=S)NC2=O)cc1. The number of thioether (sulfide) groups is 1. The molecule has 2 aromatic rings. The van der Waals surface area contributed by atoms with E-state index in [1.54, 1.807) is 13.2 Å². The molecule has 2 aromatic carbocycles. The lowest BCUT2D eigenvalue weighted by Crippen LogP contribution is -2.17. The van der Waals surface area contributed by atoms with Gasteiger partial charge in [0.15, 0.2) is 0 Å². The third kappa shape index (κ3) is 4.77. The maximum Gasteiger partial charge on any atom is 0.263 e. The molecule has 1 aliphatic heterocycles. The zero-order valence-electron chi connectivity index (χ0n) is 14.1. The van der Waals surface area contributed by atoms with Crippen LogP contribution >= 0.6 is 24.0 Å². The predicted molar refractivity (Wildman–Crippen MR) is 107 cm³/mol. The number of rotatable bonds is 7. The van der Waals surface area contributed by atoms with Crippen molar-refractivity contribution in [1.82, 2.24) is 5.32 Å². The Morgan fingerprint density at radius 1 is 1.04 bits per heavy atom. The molecule has 0 unspecified atom stereocenters. The van der Waals surface area contributed by atoms with E-state index < -0.39 is 0 Å². The Kier molecular flexibility index (Phi) is 6.14. The zero-order valence-corrected chi connectivity index (χ0v) is 15.7. The van der Waals surface area contributed by atoms with Crippen molar-refractivity contribution >= 4 is 40.3 Å². The number of nitrogens with one attached hydrogen (secondary N) is 1. The summed E-state index contributed by atoms with van der Waals surface area (Å²) in [4.78, 5) is 12.4. The van der Waals surface area contributed by atoms with Gasteiger partial charge in [-0.05, 0) is 36.4 Å². The molecular formula is C19H17NO4S2. The van der Waals surface area contributed by atoms with Gasteiger partial charge in [-0.2, -0.15) is 0 Å². The van der Waals surface area contributed by atoms with Gasteiger partial charge in [0, 0.05) is 5.56 Å². The number of hydrogen-bond donors (Lipinski definition) is 1. The molecule has 1 N–H and O–H groups in total. The van der Waals surface area contributed by atoms with Crippen molar-refractivity contribution in [1.29, 1.82) is 0 Å². The van der Waals surface area contributed by atoms with E-state index in [-0.39, 0.29) is 5.91 Å². The number of benzene rings is 2. The number of amides is 1. The largest absolute Gasteiger partial charge is 0.497 e. The topological polar surface area (TPSA) is 56.8 Å². The van der Waals surface area contributed by atoms with Crippen LogP contribution < -0.4 is 19.5 Å². The van der Waals surface area contributed by atoms with Gasteiger partial charge in [-0.1, -0.05) is 42.2 Å². The first kappa shape index (κ1) is 18.3. The molecule has 26 heavy (non-hydrogen) atoms. The van der Waals surface area contributed by atoms with E-state index in [1.165, 1.54) is 11.8 Å². The van der Waals surface area contributed by atoms with Crippen LogP contribution in [0.3, 0.4) is 0 Å². The van der Waals surface area contributed by atoms with Gasteiger partial charge in [0.05, 0.1) is 12.0 Å². The van der Waals surface area contributed by atoms with Crippen LogP contribution in [-0.2, 0) is 4.79 Å². The molecular weight excluding hydrogens is 370 g/mol. The summed E-state index contributed by atoms with van der Waals surface area (Å²) in [6.07, 6.45) is 1.78. The van der Waals surface area contributed by atoms with Crippen molar-refractivity contribution in [2.45, 2.75) is 0 Å². The summed E-state index contributed by atoms with van der Waals surface area (Å²) in [5.74, 6) is 2.03. The van der Waals surface area contributed by atoms with Gasteiger partial charge in [0.1, 0.15) is 34.8 Å². The fourth-order valence-electron chi connectivity index (χ4n) is 2.28. The highest BCUT2D eigenvalue weighted by molar-refractivity contribution is 8.26. The van der Waals surface area contributed by atoms with E-state index in [0.29, 0.717) is 28.2 Å². The van der Waals surface area contributed by atoms with Gasteiger partial charge in [0.25, 0.3) is 5.91 Å². The Hall–Kier alpha value is -2.51. The zero-order chi connectivity index (χ0) is 18.4. The molecule has 0 aromatic heterocycles. The highest BCUT2D eigenvalue weighted by Gasteiger charge is 2.22. The number of carbonyl (C=O) groups excluding carboxylic acids is 1. The maximum absolute atomic E-state index is 11.8. The average molecular weight is 387 g/mol. The number of carbonyl (C=O) groups is 1. The minimum atomic E-state index is -0.183. The Labute approximate surface area is 161 Å². The van der Waals surface area contributed by atoms with Crippen LogP contribution in [0.25, 0.3) is 6.08 Å². The van der Waals surface area contributed by atoms with Crippen molar-refractivity contribution in [3.05, 3.63) is 59.0 Å². The summed E-state index contributed by atoms with van der Waals surface area (Å²) >= 11 is 6.25. The molecule has 7 heteroatoms. The second-order valence-electron chi connectivity index (χ2n) is 5.26. The van der Waals surface area contributed by atoms with Crippen LogP contribution in [0.5, 0.6) is 17.2 Å². The van der Waals surface area contributed by atoms with E-state index >= 15 is 0 Å². The summed E-state index contributed by atoms with van der Waals surface area (Å²) in [6, 6.07) is 14.9. The molecule has 0 bridgehead atoms. The number of methoxy groups -OCH3 is 1. The van der Waals surface area contributed by atoms with Gasteiger partial charge >= 0.3 is 0 Å². The van der Waals surface area contributed by atoms with Crippen LogP contribution in [0.1, 0.15) is 5.56 Å². The lowest BCUT2D eigenvalue weighted by molar-refractivity contribution is -0.115. The monoisotopic (exact) mass is 387 g/mol. The molecule has 1 aliphatic rings. The summed E-state index contributed by atoms with van der Waals surface area (Å²) in [7, 11) is 1.62. The molecule has 1 amide bonds. The summed E-state index contributed by atoms with van der Waals surface area (Å²) in [5, 5.41) is 2.60. The van der Waals surface area contributed by atoms with E-state index in [1.807, 2.05) is 48.5 Å². The lowest BCUT2D eigenvalue weighted by atomic mass is 10.2. The molecule has 1 heterocycles. The molecule has 0 spiro atoms. The standard InChI is InChI=1S/C19H17NO4S2/c1-22-14-6-8-15(9-7-14)23-10-11-24-16-5-3-2-4-13(16)12-17-18(21)20-19(25)26-17/h2-9,12H,10-11H2,1H3,(H,20,21,25). The first-order chi connectivity index (χ1) is 12.7. The Morgan fingerprint density at radius 3 is 2.42 bits per heavy atom. The van der Waals surface area contributed by atoms with Gasteiger partial charge in [-0.15, -0.1) is 0 Å². The minimum Gasteiger partial charge on any atom is -0.497 e. The quantitative estimate of drug-likeness (QED) is 0.445. The van der Waals surface area contributed by atoms with Crippen LogP contribution in [0.4, 0.5) is 0 Å². The summed E-state index contributed by atoms with van der Waals surface area (Å²) in [5.41, 5.74) is 0.819. The van der Waals surface area contributed by atoms with Gasteiger partial charge < -0.3 is 19.5 Å². The van der Waals surface area contributed by atoms with Crippen molar-refractivity contribution in [2.24, 2.45) is 0 Å². The fraction of sp³-hybridized carbons (Fsp3) is 0.158. The Balaban J connectivity index is 1.57. The molecule has 134 valence electrons. The number of para-hydroxylation sites is 1. The van der Waals surface area contributed by atoms with E-state index in [2.05, 4.69) is 5.32 Å². The maximum atomic E-state index is 11.8. The van der Waals surface area contributed by atoms with Gasteiger partial charge in [0.2, 0.25) is 0 Å². The molecule has 0 atom stereocenters. The van der Waals surface area contributed by atoms with Crippen LogP contribution in [0.2, 0.25) is 0 Å². The molecule has 0 saturated carbocycles. The molecule has 0 radical (unpaired) electrons. The molecule has 5 nitrogen and oxygen atoms in total. The first-order valence-corrected chi connectivity index (χ1v) is 9.12. The summed E-state index contributed by atoms with van der Waals surface area (Å²) < 4.78 is 17.0. The molecule has 1 saturated heterocycles. The minimum absolute atomic E-state index is 0.183. The van der Waals surface area contributed by atoms with Crippen molar-refractivity contribution in [3.63, 3.8) is 0 Å². The van der Waals surface area contributed by atoms with E-state index in [9.17, 15) is 4.79 Å².